The molecule has 2 rings (SSSR count). The van der Waals surface area contributed by atoms with Crippen LogP contribution in [0, 0.1) is 0 Å². The number of hydrogen-bond acceptors (Lipinski definition) is 3. The Balaban J connectivity index is 2.10. The third kappa shape index (κ3) is 2.37. The molecule has 5 nitrogen and oxygen atoms in total. The van der Waals surface area contributed by atoms with Crippen molar-refractivity contribution in [2.45, 2.75) is 32.0 Å². The van der Waals surface area contributed by atoms with Crippen molar-refractivity contribution < 1.29 is 9.53 Å². The molecule has 0 spiro atoms. The lowest BCUT2D eigenvalue weighted by atomic mass is 10.0. The topological polar surface area (TPSA) is 56.1 Å². The van der Waals surface area contributed by atoms with Crippen molar-refractivity contribution in [1.82, 2.24) is 15.1 Å². The Kier molecular flexibility index (Phi) is 3.48. The van der Waals surface area contributed by atoms with Gasteiger partial charge in [-0.15, -0.1) is 0 Å². The first-order chi connectivity index (χ1) is 7.72. The fourth-order valence-electron chi connectivity index (χ4n) is 1.74. The molecule has 2 atom stereocenters. The van der Waals surface area contributed by atoms with E-state index in [1.54, 1.807) is 6.20 Å². The van der Waals surface area contributed by atoms with Gasteiger partial charge in [-0.2, -0.15) is 5.10 Å². The van der Waals surface area contributed by atoms with Crippen molar-refractivity contribution in [3.05, 3.63) is 18.0 Å². The van der Waals surface area contributed by atoms with E-state index in [9.17, 15) is 4.79 Å². The fraction of sp³-hybridized carbons (Fsp3) is 0.600. The Labute approximate surface area is 102 Å². The maximum atomic E-state index is 11.3. The van der Waals surface area contributed by atoms with E-state index in [1.165, 1.54) is 0 Å². The minimum absolute atomic E-state index is 0.00380. The van der Waals surface area contributed by atoms with Gasteiger partial charge in [0.1, 0.15) is 6.10 Å². The molecule has 0 aromatic carbocycles. The summed E-state index contributed by atoms with van der Waals surface area (Å²) < 4.78 is 6.94. The van der Waals surface area contributed by atoms with Gasteiger partial charge < -0.3 is 10.1 Å². The number of aromatic nitrogens is 2. The Bertz CT molecular complexity index is 380. The summed E-state index contributed by atoms with van der Waals surface area (Å²) in [6.07, 6.45) is 4.10. The zero-order valence-electron chi connectivity index (χ0n) is 9.02. The van der Waals surface area contributed by atoms with Gasteiger partial charge in [0.05, 0.1) is 12.2 Å². The van der Waals surface area contributed by atoms with Gasteiger partial charge in [0.2, 0.25) is 0 Å². The number of amides is 1. The quantitative estimate of drug-likeness (QED) is 0.863. The minimum atomic E-state index is -0.357. The van der Waals surface area contributed by atoms with Crippen LogP contribution in [0.3, 0.4) is 0 Å². The molecule has 1 saturated heterocycles. The minimum Gasteiger partial charge on any atom is -0.445 e. The number of carbonyl (C=O) groups is 1. The molecule has 0 saturated carbocycles. The first-order valence-electron chi connectivity index (χ1n) is 5.28. The summed E-state index contributed by atoms with van der Waals surface area (Å²) in [6, 6.07) is 0.00380. The van der Waals surface area contributed by atoms with E-state index in [4.69, 9.17) is 4.74 Å². The fourth-order valence-corrected chi connectivity index (χ4v) is 2.14. The number of rotatable bonds is 3. The molecule has 6 heteroatoms. The van der Waals surface area contributed by atoms with Crippen molar-refractivity contribution in [3.63, 3.8) is 0 Å². The molecule has 0 aliphatic carbocycles. The average Bonchev–Trinajstić information content (AvgIpc) is 2.76. The zero-order valence-corrected chi connectivity index (χ0v) is 10.6. The highest BCUT2D eigenvalue weighted by Gasteiger charge is 2.28. The standard InChI is InChI=1S/C10H14BrN3O2/c1-2-14-6-7(5-12-14)9-3-8(4-11)16-10(15)13-9/h5-6,8-9H,2-4H2,1H3,(H,13,15)/t8?,9-/m0/s1. The van der Waals surface area contributed by atoms with E-state index < -0.39 is 0 Å². The number of halogens is 1. The molecule has 88 valence electrons. The number of ether oxygens (including phenoxy) is 1. The molecule has 1 unspecified atom stereocenters. The molecule has 1 N–H and O–H groups in total. The molecule has 1 amide bonds. The Hall–Kier alpha value is -1.04. The predicted molar refractivity (Wildman–Crippen MR) is 62.5 cm³/mol. The summed E-state index contributed by atoms with van der Waals surface area (Å²) in [7, 11) is 0. The van der Waals surface area contributed by atoms with Gasteiger partial charge in [-0.1, -0.05) is 15.9 Å². The molecular formula is C10H14BrN3O2. The molecular weight excluding hydrogens is 274 g/mol. The monoisotopic (exact) mass is 287 g/mol. The number of alkyl carbamates (subject to hydrolysis) is 1. The number of cyclic esters (lactones) is 1. The maximum Gasteiger partial charge on any atom is 0.407 e. The largest absolute Gasteiger partial charge is 0.445 e. The zero-order chi connectivity index (χ0) is 11.5. The van der Waals surface area contributed by atoms with Crippen LogP contribution in [-0.4, -0.2) is 27.3 Å². The summed E-state index contributed by atoms with van der Waals surface area (Å²) in [6.45, 7) is 2.86. The molecule has 2 heterocycles. The third-order valence-corrected chi connectivity index (χ3v) is 3.34. The summed E-state index contributed by atoms with van der Waals surface area (Å²) in [5, 5.41) is 7.66. The van der Waals surface area contributed by atoms with Gasteiger partial charge in [-0.05, 0) is 6.92 Å². The van der Waals surface area contributed by atoms with Gasteiger partial charge in [0, 0.05) is 30.1 Å². The number of nitrogens with one attached hydrogen (secondary N) is 1. The van der Waals surface area contributed by atoms with Crippen LogP contribution in [0.1, 0.15) is 24.9 Å². The summed E-state index contributed by atoms with van der Waals surface area (Å²) in [4.78, 5) is 11.3. The highest BCUT2D eigenvalue weighted by atomic mass is 79.9. The van der Waals surface area contributed by atoms with Crippen LogP contribution < -0.4 is 5.32 Å². The molecule has 1 fully saturated rings. The van der Waals surface area contributed by atoms with Gasteiger partial charge in [0.25, 0.3) is 0 Å². The Morgan fingerprint density at radius 3 is 3.19 bits per heavy atom. The Morgan fingerprint density at radius 2 is 2.56 bits per heavy atom. The molecule has 1 aromatic heterocycles. The average molecular weight is 288 g/mol. The third-order valence-electron chi connectivity index (χ3n) is 2.62. The van der Waals surface area contributed by atoms with E-state index >= 15 is 0 Å². The van der Waals surface area contributed by atoms with Crippen molar-refractivity contribution in [2.24, 2.45) is 0 Å². The van der Waals surface area contributed by atoms with Gasteiger partial charge in [0.15, 0.2) is 0 Å². The summed E-state index contributed by atoms with van der Waals surface area (Å²) in [5.74, 6) is 0. The second-order valence-corrected chi connectivity index (χ2v) is 4.39. The van der Waals surface area contributed by atoms with E-state index in [2.05, 4.69) is 26.3 Å². The number of carbonyl (C=O) groups excluding carboxylic acids is 1. The Morgan fingerprint density at radius 1 is 1.75 bits per heavy atom. The molecule has 1 aliphatic heterocycles. The summed E-state index contributed by atoms with van der Waals surface area (Å²) >= 11 is 3.33. The van der Waals surface area contributed by atoms with Crippen LogP contribution in [0.25, 0.3) is 0 Å². The van der Waals surface area contributed by atoms with E-state index in [-0.39, 0.29) is 18.2 Å². The smallest absolute Gasteiger partial charge is 0.407 e. The van der Waals surface area contributed by atoms with Gasteiger partial charge in [-0.25, -0.2) is 4.79 Å². The number of hydrogen-bond donors (Lipinski definition) is 1. The van der Waals surface area contributed by atoms with Crippen molar-refractivity contribution in [3.8, 4) is 0 Å². The SMILES string of the molecule is CCn1cc([C@@H]2CC(CBr)OC(=O)N2)cn1. The highest BCUT2D eigenvalue weighted by Crippen LogP contribution is 2.24. The van der Waals surface area contributed by atoms with Crippen molar-refractivity contribution in [2.75, 3.05) is 5.33 Å². The second kappa shape index (κ2) is 4.86. The molecule has 0 bridgehead atoms. The first kappa shape index (κ1) is 11.4. The van der Waals surface area contributed by atoms with Crippen LogP contribution in [0.2, 0.25) is 0 Å². The molecule has 16 heavy (non-hydrogen) atoms. The molecule has 0 radical (unpaired) electrons. The van der Waals surface area contributed by atoms with Crippen LogP contribution in [-0.2, 0) is 11.3 Å². The number of alkyl halides is 1. The van der Waals surface area contributed by atoms with E-state index in [0.29, 0.717) is 5.33 Å². The van der Waals surface area contributed by atoms with E-state index in [0.717, 1.165) is 18.5 Å². The normalized spacial score (nSPS) is 25.0. The molecule has 1 aromatic rings. The maximum absolute atomic E-state index is 11.3. The van der Waals surface area contributed by atoms with Gasteiger partial charge in [-0.3, -0.25) is 4.68 Å². The van der Waals surface area contributed by atoms with Crippen LogP contribution in [0.5, 0.6) is 0 Å². The van der Waals surface area contributed by atoms with E-state index in [1.807, 2.05) is 17.8 Å². The lowest BCUT2D eigenvalue weighted by molar-refractivity contribution is 0.0714. The highest BCUT2D eigenvalue weighted by molar-refractivity contribution is 9.09. The van der Waals surface area contributed by atoms with Crippen molar-refractivity contribution >= 4 is 22.0 Å². The lowest BCUT2D eigenvalue weighted by Crippen LogP contribution is -2.40. The number of nitrogens with zero attached hydrogens (tertiary/aromatic N) is 2. The van der Waals surface area contributed by atoms with Crippen molar-refractivity contribution in [1.29, 1.82) is 0 Å². The lowest BCUT2D eigenvalue weighted by Gasteiger charge is -2.28. The number of aryl methyl sites for hydroxylation is 1. The van der Waals surface area contributed by atoms with Crippen LogP contribution in [0.15, 0.2) is 12.4 Å². The predicted octanol–water partition coefficient (Wildman–Crippen LogP) is 1.84. The van der Waals surface area contributed by atoms with Crippen LogP contribution in [0.4, 0.5) is 4.79 Å². The van der Waals surface area contributed by atoms with Crippen LogP contribution >= 0.6 is 15.9 Å². The molecule has 1 aliphatic rings. The summed E-state index contributed by atoms with van der Waals surface area (Å²) in [5.41, 5.74) is 1.03. The first-order valence-corrected chi connectivity index (χ1v) is 6.40. The van der Waals surface area contributed by atoms with Gasteiger partial charge >= 0.3 is 6.09 Å². The second-order valence-electron chi connectivity index (χ2n) is 3.74.